The zero-order valence-electron chi connectivity index (χ0n) is 32.2. The number of carbonyl (C=O) groups is 2. The Balaban J connectivity index is 1.41. The Hall–Kier alpha value is -3.02. The lowest BCUT2D eigenvalue weighted by molar-refractivity contribution is -0.183. The third kappa shape index (κ3) is 8.46. The van der Waals surface area contributed by atoms with Gasteiger partial charge in [-0.3, -0.25) is 14.4 Å². The largest absolute Gasteiger partial charge is 0.493 e. The Labute approximate surface area is 305 Å². The number of nitrogens with zero attached hydrogens (tertiary/aromatic N) is 2. The molecule has 0 spiro atoms. The second-order valence-corrected chi connectivity index (χ2v) is 16.6. The number of rotatable bonds is 15. The van der Waals surface area contributed by atoms with E-state index in [1.54, 1.807) is 12.0 Å². The average molecular weight is 707 g/mol. The van der Waals surface area contributed by atoms with E-state index >= 15 is 0 Å². The maximum absolute atomic E-state index is 14.2. The number of ether oxygens (including phenoxy) is 1. The van der Waals surface area contributed by atoms with Crippen molar-refractivity contribution in [2.75, 3.05) is 33.9 Å². The van der Waals surface area contributed by atoms with Crippen LogP contribution in [0.15, 0.2) is 42.5 Å². The average Bonchev–Trinajstić information content (AvgIpc) is 3.44. The molecule has 6 rings (SSSR count). The van der Waals surface area contributed by atoms with Gasteiger partial charge in [0.2, 0.25) is 5.91 Å². The van der Waals surface area contributed by atoms with Crippen LogP contribution in [-0.2, 0) is 16.2 Å². The maximum atomic E-state index is 14.2. The van der Waals surface area contributed by atoms with Crippen LogP contribution in [0.25, 0.3) is 11.1 Å². The molecule has 282 valence electrons. The van der Waals surface area contributed by atoms with Crippen LogP contribution in [0.4, 0.5) is 0 Å². The van der Waals surface area contributed by atoms with E-state index in [9.17, 15) is 19.8 Å². The topological polar surface area (TPSA) is 124 Å². The molecule has 0 aromatic heterocycles. The van der Waals surface area contributed by atoms with Crippen LogP contribution in [0.5, 0.6) is 5.75 Å². The summed E-state index contributed by atoms with van der Waals surface area (Å²) in [5.41, 5.74) is 3.30. The van der Waals surface area contributed by atoms with Crippen LogP contribution in [0.1, 0.15) is 83.7 Å². The first-order valence-corrected chi connectivity index (χ1v) is 19.0. The third-order valence-corrected chi connectivity index (χ3v) is 11.9. The van der Waals surface area contributed by atoms with E-state index in [1.165, 1.54) is 6.42 Å². The molecular formula is C41H62N4O6. The van der Waals surface area contributed by atoms with E-state index < -0.39 is 24.2 Å². The molecule has 9 atom stereocenters. The van der Waals surface area contributed by atoms with Crippen molar-refractivity contribution in [2.45, 2.75) is 105 Å². The number of likely N-dealkylation sites (N-methyl/N-ethyl adjacent to an activating group) is 1. The van der Waals surface area contributed by atoms with Crippen molar-refractivity contribution in [3.63, 3.8) is 0 Å². The summed E-state index contributed by atoms with van der Waals surface area (Å²) in [6.45, 7) is 15.9. The van der Waals surface area contributed by atoms with Crippen LogP contribution >= 0.6 is 0 Å². The molecule has 3 saturated carbocycles. The van der Waals surface area contributed by atoms with Crippen LogP contribution in [-0.4, -0.2) is 96.2 Å². The lowest BCUT2D eigenvalue weighted by atomic mass is 9.45. The van der Waals surface area contributed by atoms with Crippen LogP contribution in [0, 0.1) is 35.0 Å². The Bertz CT molecular complexity index is 1500. The van der Waals surface area contributed by atoms with Gasteiger partial charge in [-0.05, 0) is 94.0 Å². The van der Waals surface area contributed by atoms with E-state index in [0.717, 1.165) is 36.1 Å². The molecule has 10 nitrogen and oxygen atoms in total. The van der Waals surface area contributed by atoms with Gasteiger partial charge in [-0.2, -0.15) is 5.06 Å². The van der Waals surface area contributed by atoms with Crippen molar-refractivity contribution in [1.29, 1.82) is 0 Å². The molecular weight excluding hydrogens is 644 g/mol. The summed E-state index contributed by atoms with van der Waals surface area (Å²) in [7, 11) is 4.02. The zero-order chi connectivity index (χ0) is 37.2. The molecule has 2 amide bonds. The van der Waals surface area contributed by atoms with Crippen molar-refractivity contribution in [1.82, 2.24) is 20.6 Å². The molecule has 4 N–H and O–H groups in total. The Morgan fingerprint density at radius 1 is 1.12 bits per heavy atom. The molecule has 0 unspecified atom stereocenters. The van der Waals surface area contributed by atoms with Crippen molar-refractivity contribution < 1.29 is 29.4 Å². The van der Waals surface area contributed by atoms with Crippen molar-refractivity contribution in [3.8, 4) is 16.9 Å². The van der Waals surface area contributed by atoms with Gasteiger partial charge in [0, 0.05) is 41.2 Å². The SMILES string of the molecule is CCOc1c(CN2O[C@@H](CO)[C@H]([C@H](C)O)[C@H]2C(=O)N[C@H]2C[C@H]3C[C@@H]([C@@H]2C)C3(C)C)cccc1-c1cccc(C(=O)N[C@H](CC(C)C)CN(C)C)c1. The molecule has 1 aliphatic heterocycles. The fourth-order valence-electron chi connectivity index (χ4n) is 9.19. The standard InChI is InChI=1S/C41H62N4O6/c1-10-50-38-29(15-12-16-32(38)27-13-11-14-28(18-27)39(48)42-31(17-24(2)3)22-44(8)9)21-45-37(36(26(5)47)35(23-46)51-45)40(49)43-34-20-30-19-33(25(34)4)41(30,6)7/h11-16,18,24-26,30-31,33-37,46-47H,10,17,19-23H2,1-9H3,(H,42,48)(H,43,49)/t25-,26-,30+,31+,33-,34-,35-,36-,37-/m0/s1. The fourth-order valence-corrected chi connectivity index (χ4v) is 9.19. The van der Waals surface area contributed by atoms with Gasteiger partial charge in [-0.15, -0.1) is 0 Å². The lowest BCUT2D eigenvalue weighted by Gasteiger charge is -2.62. The van der Waals surface area contributed by atoms with Gasteiger partial charge in [0.05, 0.1) is 25.9 Å². The summed E-state index contributed by atoms with van der Waals surface area (Å²) in [5.74, 6) is 1.64. The summed E-state index contributed by atoms with van der Waals surface area (Å²) >= 11 is 0. The number of nitrogens with one attached hydrogen (secondary N) is 2. The Morgan fingerprint density at radius 2 is 1.84 bits per heavy atom. The van der Waals surface area contributed by atoms with E-state index in [1.807, 2.05) is 63.5 Å². The predicted octanol–water partition coefficient (Wildman–Crippen LogP) is 5.12. The molecule has 1 saturated heterocycles. The van der Waals surface area contributed by atoms with Gasteiger partial charge in [-0.25, -0.2) is 0 Å². The van der Waals surface area contributed by atoms with Crippen molar-refractivity contribution in [3.05, 3.63) is 53.6 Å². The number of para-hydroxylation sites is 1. The number of hydrogen-bond donors (Lipinski definition) is 4. The highest BCUT2D eigenvalue weighted by atomic mass is 16.7. The minimum atomic E-state index is -0.886. The molecule has 4 aliphatic rings. The second-order valence-electron chi connectivity index (χ2n) is 16.6. The smallest absolute Gasteiger partial charge is 0.251 e. The first-order chi connectivity index (χ1) is 24.2. The van der Waals surface area contributed by atoms with Gasteiger partial charge in [0.1, 0.15) is 17.9 Å². The number of hydroxylamine groups is 2. The molecule has 2 aromatic carbocycles. The van der Waals surface area contributed by atoms with Crippen LogP contribution in [0.3, 0.4) is 0 Å². The minimum absolute atomic E-state index is 0.0242. The molecule has 3 aliphatic carbocycles. The molecule has 2 aromatic rings. The number of carbonyl (C=O) groups excluding carboxylic acids is 2. The number of aliphatic hydroxyl groups excluding tert-OH is 2. The van der Waals surface area contributed by atoms with Crippen LogP contribution < -0.4 is 15.4 Å². The summed E-state index contributed by atoms with van der Waals surface area (Å²) in [6.07, 6.45) is 1.40. The predicted molar refractivity (Wildman–Crippen MR) is 200 cm³/mol. The van der Waals surface area contributed by atoms with E-state index in [0.29, 0.717) is 47.0 Å². The number of amides is 2. The van der Waals surface area contributed by atoms with E-state index in [-0.39, 0.29) is 37.0 Å². The fraction of sp³-hybridized carbons (Fsp3) is 0.659. The number of fused-ring (bicyclic) bond motifs is 2. The highest BCUT2D eigenvalue weighted by molar-refractivity contribution is 5.96. The molecule has 0 radical (unpaired) electrons. The Kier molecular flexibility index (Phi) is 12.6. The molecule has 1 heterocycles. The van der Waals surface area contributed by atoms with Crippen molar-refractivity contribution >= 4 is 11.8 Å². The van der Waals surface area contributed by atoms with E-state index in [2.05, 4.69) is 50.2 Å². The monoisotopic (exact) mass is 706 g/mol. The number of aliphatic hydroxyl groups is 2. The Morgan fingerprint density at radius 3 is 2.45 bits per heavy atom. The van der Waals surface area contributed by atoms with Gasteiger partial charge in [-0.1, -0.05) is 65.0 Å². The van der Waals surface area contributed by atoms with Gasteiger partial charge in [0.25, 0.3) is 5.91 Å². The normalized spacial score (nSPS) is 28.3. The number of benzene rings is 2. The van der Waals surface area contributed by atoms with Crippen LogP contribution in [0.2, 0.25) is 0 Å². The lowest BCUT2D eigenvalue weighted by Crippen LogP contribution is -2.62. The summed E-state index contributed by atoms with van der Waals surface area (Å²) in [6, 6.07) is 12.7. The molecule has 10 heteroatoms. The highest BCUT2D eigenvalue weighted by Gasteiger charge is 2.57. The first-order valence-electron chi connectivity index (χ1n) is 19.0. The molecule has 4 fully saturated rings. The van der Waals surface area contributed by atoms with Crippen molar-refractivity contribution in [2.24, 2.45) is 35.0 Å². The first kappa shape index (κ1) is 39.2. The third-order valence-electron chi connectivity index (χ3n) is 11.9. The maximum Gasteiger partial charge on any atom is 0.251 e. The van der Waals surface area contributed by atoms with Gasteiger partial charge < -0.3 is 30.5 Å². The molecule has 2 bridgehead atoms. The zero-order valence-corrected chi connectivity index (χ0v) is 32.2. The quantitative estimate of drug-likeness (QED) is 0.202. The second kappa shape index (κ2) is 16.3. The summed E-state index contributed by atoms with van der Waals surface area (Å²) in [5, 5.41) is 29.5. The van der Waals surface area contributed by atoms with Gasteiger partial charge in [0.15, 0.2) is 0 Å². The summed E-state index contributed by atoms with van der Waals surface area (Å²) < 4.78 is 6.29. The minimum Gasteiger partial charge on any atom is -0.493 e. The van der Waals surface area contributed by atoms with E-state index in [4.69, 9.17) is 9.57 Å². The van der Waals surface area contributed by atoms with Gasteiger partial charge >= 0.3 is 0 Å². The number of hydrogen-bond acceptors (Lipinski definition) is 8. The highest BCUT2D eigenvalue weighted by Crippen LogP contribution is 2.61. The molecule has 51 heavy (non-hydrogen) atoms. The summed E-state index contributed by atoms with van der Waals surface area (Å²) in [4.78, 5) is 36.1.